The van der Waals surface area contributed by atoms with Gasteiger partial charge in [0.05, 0.1) is 11.1 Å². The number of rotatable bonds is 6. The van der Waals surface area contributed by atoms with Gasteiger partial charge in [0, 0.05) is 24.8 Å². The van der Waals surface area contributed by atoms with Crippen LogP contribution in [0.4, 0.5) is 26.3 Å². The second-order valence-electron chi connectivity index (χ2n) is 6.40. The lowest BCUT2D eigenvalue weighted by Gasteiger charge is -2.27. The summed E-state index contributed by atoms with van der Waals surface area (Å²) in [5, 5.41) is 3.96. The average molecular weight is 493 g/mol. The predicted octanol–water partition coefficient (Wildman–Crippen LogP) is 2.90. The van der Waals surface area contributed by atoms with Crippen LogP contribution in [-0.4, -0.2) is 56.1 Å². The molecule has 176 valence electrons. The van der Waals surface area contributed by atoms with E-state index < -0.39 is 52.2 Å². The molecule has 0 saturated carbocycles. The molecule has 0 spiro atoms. The Morgan fingerprint density at radius 2 is 1.79 bits per heavy atom. The van der Waals surface area contributed by atoms with Crippen LogP contribution in [-0.2, 0) is 17.2 Å². The van der Waals surface area contributed by atoms with Crippen molar-refractivity contribution in [2.45, 2.75) is 25.3 Å². The van der Waals surface area contributed by atoms with Crippen molar-refractivity contribution in [3.63, 3.8) is 0 Å². The highest BCUT2D eigenvalue weighted by Gasteiger charge is 2.42. The lowest BCUT2D eigenvalue weighted by Crippen LogP contribution is -2.40. The minimum absolute atomic E-state index is 0.0335. The molecule has 0 aromatic carbocycles. The van der Waals surface area contributed by atoms with Crippen LogP contribution in [0.25, 0.3) is 5.95 Å². The number of halogens is 6. The highest BCUT2D eigenvalue weighted by Crippen LogP contribution is 2.34. The third-order valence-corrected chi connectivity index (χ3v) is 5.55. The molecular weight excluding hydrogens is 480 g/mol. The molecule has 33 heavy (non-hydrogen) atoms. The third kappa shape index (κ3) is 5.68. The van der Waals surface area contributed by atoms with Gasteiger partial charge in [-0.15, -0.1) is 5.10 Å². The highest BCUT2D eigenvalue weighted by molar-refractivity contribution is 7.83. The van der Waals surface area contributed by atoms with E-state index in [1.807, 2.05) is 0 Å². The monoisotopic (exact) mass is 493 g/mol. The molecule has 3 heterocycles. The van der Waals surface area contributed by atoms with Gasteiger partial charge in [0.1, 0.15) is 29.1 Å². The molecule has 2 unspecified atom stereocenters. The van der Waals surface area contributed by atoms with Crippen LogP contribution in [0.2, 0.25) is 0 Å². The van der Waals surface area contributed by atoms with Crippen molar-refractivity contribution in [3.8, 4) is 5.95 Å². The van der Waals surface area contributed by atoms with Crippen molar-refractivity contribution in [3.05, 3.63) is 60.2 Å². The molecule has 0 bridgehead atoms. The largest absolute Gasteiger partial charge is 0.418 e. The van der Waals surface area contributed by atoms with Crippen molar-refractivity contribution >= 4 is 16.9 Å². The number of amides is 1. The number of carbonyl (C=O) groups excluding carboxylic acids is 1. The molecule has 3 aromatic rings. The van der Waals surface area contributed by atoms with Crippen molar-refractivity contribution in [1.29, 1.82) is 0 Å². The normalized spacial score (nSPS) is 14.0. The molecule has 0 aliphatic rings. The Hall–Kier alpha value is -3.43. The van der Waals surface area contributed by atoms with Crippen LogP contribution in [0.15, 0.2) is 43.2 Å². The molecule has 16 heteroatoms. The molecule has 0 N–H and O–H groups in total. The molecule has 0 aliphatic heterocycles. The molecule has 9 nitrogen and oxygen atoms in total. The number of pyridine rings is 1. The van der Waals surface area contributed by atoms with Crippen LogP contribution in [0.1, 0.15) is 34.7 Å². The Morgan fingerprint density at radius 3 is 2.39 bits per heavy atom. The van der Waals surface area contributed by atoms with E-state index >= 15 is 0 Å². The molecule has 0 fully saturated rings. The fourth-order valence-corrected chi connectivity index (χ4v) is 3.81. The highest BCUT2D eigenvalue weighted by atomic mass is 32.2. The average Bonchev–Trinajstić information content (AvgIpc) is 3.23. The minimum Gasteiger partial charge on any atom is -0.268 e. The van der Waals surface area contributed by atoms with Crippen LogP contribution < -0.4 is 0 Å². The van der Waals surface area contributed by atoms with Crippen LogP contribution in [0.5, 0.6) is 0 Å². The van der Waals surface area contributed by atoms with Gasteiger partial charge >= 0.3 is 12.4 Å². The van der Waals surface area contributed by atoms with Crippen molar-refractivity contribution in [2.24, 2.45) is 0 Å². The molecule has 3 rings (SSSR count). The first-order valence-electron chi connectivity index (χ1n) is 8.87. The maximum Gasteiger partial charge on any atom is 0.418 e. The second kappa shape index (κ2) is 9.21. The van der Waals surface area contributed by atoms with Gasteiger partial charge in [-0.2, -0.15) is 31.0 Å². The van der Waals surface area contributed by atoms with Crippen LogP contribution in [0, 0.1) is 0 Å². The lowest BCUT2D eigenvalue weighted by atomic mass is 10.1. The van der Waals surface area contributed by atoms with Gasteiger partial charge in [0.25, 0.3) is 11.9 Å². The van der Waals surface area contributed by atoms with E-state index in [0.29, 0.717) is 12.3 Å². The lowest BCUT2D eigenvalue weighted by molar-refractivity contribution is -0.138. The van der Waals surface area contributed by atoms with Gasteiger partial charge in [-0.05, 0) is 19.1 Å². The zero-order valence-corrected chi connectivity index (χ0v) is 17.3. The molecular formula is C17H13F6N7O2S. The number of aromatic nitrogens is 6. The number of carbonyl (C=O) groups is 1. The van der Waals surface area contributed by atoms with E-state index in [1.54, 1.807) is 0 Å². The van der Waals surface area contributed by atoms with Crippen molar-refractivity contribution < 1.29 is 35.3 Å². The summed E-state index contributed by atoms with van der Waals surface area (Å²) in [5.41, 5.74) is -2.52. The third-order valence-electron chi connectivity index (χ3n) is 4.06. The van der Waals surface area contributed by atoms with Crippen LogP contribution >= 0.6 is 0 Å². The second-order valence-corrected chi connectivity index (χ2v) is 7.73. The van der Waals surface area contributed by atoms with E-state index in [-0.39, 0.29) is 16.1 Å². The molecule has 0 aliphatic carbocycles. The molecule has 3 aromatic heterocycles. The minimum atomic E-state index is -5.04. The molecule has 1 amide bonds. The molecule has 0 radical (unpaired) electrons. The summed E-state index contributed by atoms with van der Waals surface area (Å²) in [7, 11) is -3.11. The summed E-state index contributed by atoms with van der Waals surface area (Å²) >= 11 is 0. The number of alkyl halides is 6. The first-order valence-corrected chi connectivity index (χ1v) is 10.1. The summed E-state index contributed by atoms with van der Waals surface area (Å²) in [5.74, 6) is -3.80. The van der Waals surface area contributed by atoms with Gasteiger partial charge in [-0.25, -0.2) is 23.5 Å². The van der Waals surface area contributed by atoms with Crippen molar-refractivity contribution in [1.82, 2.24) is 34.0 Å². The Morgan fingerprint density at radius 1 is 1.12 bits per heavy atom. The Kier molecular flexibility index (Phi) is 6.76. The van der Waals surface area contributed by atoms with Gasteiger partial charge in [-0.1, -0.05) is 0 Å². The van der Waals surface area contributed by atoms with Gasteiger partial charge in [-0.3, -0.25) is 9.78 Å². The summed E-state index contributed by atoms with van der Waals surface area (Å²) in [6, 6.07) is 0.678. The standard InChI is InChI=1S/C17H13F6N7O2S/c1-10(13-27-9-29(28-13)15-25-4-2-5-26-15)30(33(32)8-16(18,19)20)14(31)11-3-6-24-7-12(11)17(21,22)23/h2-7,9-10H,8H2,1H3. The van der Waals surface area contributed by atoms with Gasteiger partial charge < -0.3 is 0 Å². The maximum absolute atomic E-state index is 13.4. The number of hydrogen-bond donors (Lipinski definition) is 0. The van der Waals surface area contributed by atoms with E-state index in [9.17, 15) is 35.3 Å². The maximum atomic E-state index is 13.4. The Bertz CT molecular complexity index is 1150. The summed E-state index contributed by atoms with van der Waals surface area (Å²) < 4.78 is 92.5. The van der Waals surface area contributed by atoms with Gasteiger partial charge in [0.2, 0.25) is 0 Å². The SMILES string of the molecule is CC(c1ncn(-c2ncccn2)n1)N(C(=O)c1ccncc1C(F)(F)F)S(=O)CC(F)(F)F. The molecule has 0 saturated heterocycles. The van der Waals surface area contributed by atoms with Gasteiger partial charge in [0.15, 0.2) is 5.82 Å². The fraction of sp³-hybridized carbons (Fsp3) is 0.294. The Labute approximate surface area is 184 Å². The van der Waals surface area contributed by atoms with E-state index in [0.717, 1.165) is 24.1 Å². The predicted molar refractivity (Wildman–Crippen MR) is 99.8 cm³/mol. The summed E-state index contributed by atoms with van der Waals surface area (Å²) in [6.45, 7) is 1.13. The Balaban J connectivity index is 2.03. The fourth-order valence-electron chi connectivity index (χ4n) is 2.66. The van der Waals surface area contributed by atoms with Crippen molar-refractivity contribution in [2.75, 3.05) is 5.75 Å². The zero-order chi connectivity index (χ0) is 24.4. The smallest absolute Gasteiger partial charge is 0.268 e. The quantitative estimate of drug-likeness (QED) is 0.486. The number of nitrogens with zero attached hydrogens (tertiary/aromatic N) is 7. The van der Waals surface area contributed by atoms with E-state index in [1.165, 1.54) is 18.5 Å². The number of hydrogen-bond acceptors (Lipinski definition) is 7. The van der Waals surface area contributed by atoms with E-state index in [4.69, 9.17) is 0 Å². The molecule has 2 atom stereocenters. The zero-order valence-electron chi connectivity index (χ0n) is 16.4. The first-order chi connectivity index (χ1) is 15.4. The first kappa shape index (κ1) is 24.2. The summed E-state index contributed by atoms with van der Waals surface area (Å²) in [6.07, 6.45) is -4.96. The topological polar surface area (TPSA) is 107 Å². The summed E-state index contributed by atoms with van der Waals surface area (Å²) in [4.78, 5) is 28.0. The van der Waals surface area contributed by atoms with Crippen LogP contribution in [0.3, 0.4) is 0 Å². The van der Waals surface area contributed by atoms with E-state index in [2.05, 4.69) is 25.0 Å².